The molecule has 2 aromatic heterocycles. The summed E-state index contributed by atoms with van der Waals surface area (Å²) in [6.07, 6.45) is 0. The lowest BCUT2D eigenvalue weighted by Gasteiger charge is -1.97. The first-order chi connectivity index (χ1) is 10.9. The molecule has 8 nitrogen and oxygen atoms in total. The van der Waals surface area contributed by atoms with Gasteiger partial charge in [0.15, 0.2) is 0 Å². The van der Waals surface area contributed by atoms with Gasteiger partial charge in [0, 0.05) is 29.1 Å². The molecule has 9 heteroatoms. The number of hydrogen-bond acceptors (Lipinski definition) is 6. The normalized spacial score (nSPS) is 11.8. The van der Waals surface area contributed by atoms with E-state index in [1.807, 2.05) is 19.9 Å². The smallest absolute Gasteiger partial charge is 0.267 e. The predicted molar refractivity (Wildman–Crippen MR) is 83.3 cm³/mol. The van der Waals surface area contributed by atoms with E-state index in [9.17, 15) is 14.9 Å². The standard InChI is InChI=1S/C14H11N5O3S/c1-8-7-9(2)18-13(15-8)17-14(23-18)16-12(20)10-3-5-11(6-4-10)19(21)22/h3-7H,1-2H3. The number of carbonyl (C=O) groups excluding carboxylic acids is 1. The number of carbonyl (C=O) groups is 1. The Balaban J connectivity index is 1.99. The molecule has 3 rings (SSSR count). The summed E-state index contributed by atoms with van der Waals surface area (Å²) >= 11 is 1.21. The lowest BCUT2D eigenvalue weighted by molar-refractivity contribution is -0.384. The molecule has 0 bridgehead atoms. The number of nitrogens with zero attached hydrogens (tertiary/aromatic N) is 5. The first-order valence-electron chi connectivity index (χ1n) is 6.62. The second-order valence-electron chi connectivity index (χ2n) is 4.84. The van der Waals surface area contributed by atoms with Gasteiger partial charge in [0.05, 0.1) is 4.92 Å². The molecule has 0 fully saturated rings. The van der Waals surface area contributed by atoms with E-state index in [0.717, 1.165) is 11.4 Å². The van der Waals surface area contributed by atoms with E-state index in [2.05, 4.69) is 15.0 Å². The van der Waals surface area contributed by atoms with Gasteiger partial charge in [0.25, 0.3) is 11.6 Å². The molecule has 2 heterocycles. The van der Waals surface area contributed by atoms with E-state index in [1.54, 1.807) is 3.79 Å². The van der Waals surface area contributed by atoms with Crippen molar-refractivity contribution in [2.45, 2.75) is 13.8 Å². The Morgan fingerprint density at radius 1 is 1.26 bits per heavy atom. The van der Waals surface area contributed by atoms with Crippen molar-refractivity contribution in [1.29, 1.82) is 0 Å². The summed E-state index contributed by atoms with van der Waals surface area (Å²) in [5.74, 6) is -0.0170. The third kappa shape index (κ3) is 2.99. The van der Waals surface area contributed by atoms with Gasteiger partial charge in [0.2, 0.25) is 10.6 Å². The number of aromatic nitrogens is 3. The molecular weight excluding hydrogens is 318 g/mol. The Morgan fingerprint density at radius 3 is 2.61 bits per heavy atom. The minimum Gasteiger partial charge on any atom is -0.267 e. The Hall–Kier alpha value is -2.94. The van der Waals surface area contributed by atoms with Crippen LogP contribution in [0.5, 0.6) is 0 Å². The molecule has 0 atom stereocenters. The first-order valence-corrected chi connectivity index (χ1v) is 7.39. The summed E-state index contributed by atoms with van der Waals surface area (Å²) in [5, 5.41) is 10.6. The third-order valence-corrected chi connectivity index (χ3v) is 4.07. The third-order valence-electron chi connectivity index (χ3n) is 3.09. The maximum atomic E-state index is 12.1. The van der Waals surface area contributed by atoms with Crippen LogP contribution >= 0.6 is 11.5 Å². The highest BCUT2D eigenvalue weighted by atomic mass is 32.1. The van der Waals surface area contributed by atoms with Crippen molar-refractivity contribution in [3.8, 4) is 0 Å². The molecule has 3 aromatic rings. The minimum absolute atomic E-state index is 0.0765. The monoisotopic (exact) mass is 329 g/mol. The van der Waals surface area contributed by atoms with Gasteiger partial charge in [-0.05, 0) is 43.6 Å². The fourth-order valence-corrected chi connectivity index (χ4v) is 2.82. The predicted octanol–water partition coefficient (Wildman–Crippen LogP) is 2.06. The van der Waals surface area contributed by atoms with Crippen LogP contribution in [0, 0.1) is 24.0 Å². The molecule has 0 N–H and O–H groups in total. The highest BCUT2D eigenvalue weighted by Crippen LogP contribution is 2.12. The van der Waals surface area contributed by atoms with Crippen LogP contribution in [0.25, 0.3) is 5.78 Å². The van der Waals surface area contributed by atoms with Crippen molar-refractivity contribution in [1.82, 2.24) is 13.8 Å². The van der Waals surface area contributed by atoms with Crippen molar-refractivity contribution in [2.24, 2.45) is 4.99 Å². The molecule has 0 radical (unpaired) electrons. The van der Waals surface area contributed by atoms with E-state index in [4.69, 9.17) is 0 Å². The average Bonchev–Trinajstić information content (AvgIpc) is 2.90. The zero-order chi connectivity index (χ0) is 16.6. The molecule has 0 aliphatic heterocycles. The highest BCUT2D eigenvalue weighted by Gasteiger charge is 2.10. The quantitative estimate of drug-likeness (QED) is 0.529. The summed E-state index contributed by atoms with van der Waals surface area (Å²) in [6.45, 7) is 3.78. The summed E-state index contributed by atoms with van der Waals surface area (Å²) in [6, 6.07) is 7.19. The summed E-state index contributed by atoms with van der Waals surface area (Å²) < 4.78 is 1.79. The van der Waals surface area contributed by atoms with Gasteiger partial charge in [-0.1, -0.05) is 0 Å². The Labute approximate surface area is 134 Å². The Morgan fingerprint density at radius 2 is 1.96 bits per heavy atom. The summed E-state index contributed by atoms with van der Waals surface area (Å²) in [5.41, 5.74) is 1.98. The molecule has 0 saturated heterocycles. The molecule has 0 unspecified atom stereocenters. The van der Waals surface area contributed by atoms with Crippen LogP contribution in [-0.4, -0.2) is 24.6 Å². The number of fused-ring (bicyclic) bond motifs is 1. The van der Waals surface area contributed by atoms with Crippen LogP contribution in [0.2, 0.25) is 0 Å². The fourth-order valence-electron chi connectivity index (χ4n) is 2.05. The summed E-state index contributed by atoms with van der Waals surface area (Å²) in [4.78, 5) is 35.0. The number of rotatable bonds is 2. The molecule has 116 valence electrons. The fraction of sp³-hybridized carbons (Fsp3) is 0.143. The van der Waals surface area contributed by atoms with E-state index >= 15 is 0 Å². The van der Waals surface area contributed by atoms with Crippen molar-refractivity contribution >= 4 is 28.9 Å². The van der Waals surface area contributed by atoms with Crippen LogP contribution in [0.3, 0.4) is 0 Å². The number of amides is 1. The topological polar surface area (TPSA) is 103 Å². The molecule has 1 aromatic carbocycles. The Bertz CT molecular complexity index is 988. The van der Waals surface area contributed by atoms with Crippen molar-refractivity contribution < 1.29 is 9.72 Å². The first kappa shape index (κ1) is 15.0. The van der Waals surface area contributed by atoms with E-state index in [-0.39, 0.29) is 16.1 Å². The largest absolute Gasteiger partial charge is 0.279 e. The molecule has 0 aliphatic rings. The molecule has 0 saturated carbocycles. The van der Waals surface area contributed by atoms with Crippen LogP contribution < -0.4 is 4.80 Å². The SMILES string of the molecule is Cc1cc(C)n2sc(=NC(=O)c3ccc([N+](=O)[O-])cc3)nc2n1. The van der Waals surface area contributed by atoms with Gasteiger partial charge in [0.1, 0.15) is 0 Å². The molecule has 1 amide bonds. The molecule has 0 spiro atoms. The number of hydrogen-bond donors (Lipinski definition) is 0. The van der Waals surface area contributed by atoms with Gasteiger partial charge >= 0.3 is 0 Å². The van der Waals surface area contributed by atoms with Crippen molar-refractivity contribution in [2.75, 3.05) is 0 Å². The second kappa shape index (κ2) is 5.69. The van der Waals surface area contributed by atoms with E-state index < -0.39 is 10.8 Å². The number of aryl methyl sites for hydroxylation is 2. The lowest BCUT2D eigenvalue weighted by atomic mass is 10.2. The maximum Gasteiger partial charge on any atom is 0.279 e. The number of nitro benzene ring substituents is 1. The van der Waals surface area contributed by atoms with Crippen molar-refractivity contribution in [3.05, 3.63) is 62.2 Å². The van der Waals surface area contributed by atoms with Crippen LogP contribution in [0.4, 0.5) is 5.69 Å². The zero-order valence-electron chi connectivity index (χ0n) is 12.3. The minimum atomic E-state index is -0.521. The van der Waals surface area contributed by atoms with E-state index in [1.165, 1.54) is 35.8 Å². The highest BCUT2D eigenvalue weighted by molar-refractivity contribution is 7.03. The molecule has 23 heavy (non-hydrogen) atoms. The molecule has 0 aliphatic carbocycles. The Kier molecular flexibility index (Phi) is 3.70. The van der Waals surface area contributed by atoms with Crippen LogP contribution in [0.1, 0.15) is 21.7 Å². The maximum absolute atomic E-state index is 12.1. The molecular formula is C14H11N5O3S. The van der Waals surface area contributed by atoms with Crippen LogP contribution in [0.15, 0.2) is 35.3 Å². The zero-order valence-corrected chi connectivity index (χ0v) is 13.1. The second-order valence-corrected chi connectivity index (χ2v) is 5.75. The van der Waals surface area contributed by atoms with Gasteiger partial charge in [-0.3, -0.25) is 14.9 Å². The van der Waals surface area contributed by atoms with Gasteiger partial charge in [-0.15, -0.1) is 0 Å². The summed E-state index contributed by atoms with van der Waals surface area (Å²) in [7, 11) is 0. The average molecular weight is 329 g/mol. The van der Waals surface area contributed by atoms with Gasteiger partial charge in [-0.25, -0.2) is 8.77 Å². The van der Waals surface area contributed by atoms with E-state index in [0.29, 0.717) is 5.78 Å². The lowest BCUT2D eigenvalue weighted by Crippen LogP contribution is -2.05. The van der Waals surface area contributed by atoms with Gasteiger partial charge < -0.3 is 0 Å². The van der Waals surface area contributed by atoms with Crippen molar-refractivity contribution in [3.63, 3.8) is 0 Å². The van der Waals surface area contributed by atoms with Gasteiger partial charge in [-0.2, -0.15) is 9.98 Å². The van der Waals surface area contributed by atoms with Crippen LogP contribution in [-0.2, 0) is 0 Å². The number of non-ortho nitro benzene ring substituents is 1. The number of benzene rings is 1. The number of nitro groups is 1.